The van der Waals surface area contributed by atoms with E-state index in [2.05, 4.69) is 9.72 Å². The first-order valence-corrected chi connectivity index (χ1v) is 6.22. The summed E-state index contributed by atoms with van der Waals surface area (Å²) in [6.45, 7) is 1.66. The van der Waals surface area contributed by atoms with E-state index in [1.165, 1.54) is 0 Å². The minimum atomic E-state index is -3.02. The highest BCUT2D eigenvalue weighted by Crippen LogP contribution is 2.32. The lowest BCUT2D eigenvalue weighted by atomic mass is 10.1. The fourth-order valence-corrected chi connectivity index (χ4v) is 2.05. The van der Waals surface area contributed by atoms with Crippen LogP contribution in [0, 0.1) is 13.8 Å². The predicted octanol–water partition coefficient (Wildman–Crippen LogP) is 2.64. The maximum atomic E-state index is 12.8. The second-order valence-corrected chi connectivity index (χ2v) is 4.47. The van der Waals surface area contributed by atoms with E-state index in [9.17, 15) is 23.7 Å². The van der Waals surface area contributed by atoms with Crippen molar-refractivity contribution in [3.8, 4) is 0 Å². The maximum Gasteiger partial charge on any atom is 0.312 e. The average molecular weight is 386 g/mol. The monoisotopic (exact) mass is 386 g/mol. The molecule has 9 heteroatoms. The number of carbonyl (C=O) groups is 1. The van der Waals surface area contributed by atoms with Crippen LogP contribution in [0.1, 0.15) is 24.6 Å². The largest absolute Gasteiger partial charge is 0.466 e. The van der Waals surface area contributed by atoms with Gasteiger partial charge in [0.25, 0.3) is 12.1 Å². The van der Waals surface area contributed by atoms with Gasteiger partial charge in [-0.25, -0.2) is 13.8 Å². The zero-order valence-corrected chi connectivity index (χ0v) is 11.9. The number of pyridine rings is 1. The second kappa shape index (κ2) is 6.68. The van der Waals surface area contributed by atoms with Crippen molar-refractivity contribution in [2.45, 2.75) is 19.8 Å². The molecule has 104 valence electrons. The highest BCUT2D eigenvalue weighted by atomic mass is 127. The lowest BCUT2D eigenvalue weighted by Crippen LogP contribution is -2.13. The minimum Gasteiger partial charge on any atom is -0.466 e. The minimum absolute atomic E-state index is 0.0955. The fourth-order valence-electron chi connectivity index (χ4n) is 1.43. The summed E-state index contributed by atoms with van der Waals surface area (Å²) in [5.41, 5.74) is -1.89. The number of esters is 1. The summed E-state index contributed by atoms with van der Waals surface area (Å²) in [5, 5.41) is 10.9. The van der Waals surface area contributed by atoms with Gasteiger partial charge >= 0.3 is 5.97 Å². The van der Waals surface area contributed by atoms with Crippen LogP contribution in [0.2, 0.25) is 0 Å². The van der Waals surface area contributed by atoms with Crippen molar-refractivity contribution >= 4 is 34.2 Å². The fraction of sp³-hybridized carbons (Fsp3) is 0.400. The normalized spacial score (nSPS) is 10.6. The molecule has 1 aromatic rings. The predicted molar refractivity (Wildman–Crippen MR) is 68.9 cm³/mol. The Balaban J connectivity index is 3.28. The molecule has 0 aromatic carbocycles. The number of nitrogens with zero attached hydrogens (tertiary/aromatic N) is 2. The Kier molecular flexibility index (Phi) is 5.51. The SMILES string of the molecule is CCOC(=O)Cc1nc(I)cc(C(F)F)c1[N+](=O)[O-]. The number of rotatable bonds is 5. The summed E-state index contributed by atoms with van der Waals surface area (Å²) in [7, 11) is 0. The van der Waals surface area contributed by atoms with Gasteiger partial charge in [-0.2, -0.15) is 0 Å². The molecule has 0 amide bonds. The summed E-state index contributed by atoms with van der Waals surface area (Å²) < 4.78 is 30.3. The number of alkyl halides is 2. The number of ether oxygens (including phenoxy) is 1. The van der Waals surface area contributed by atoms with Gasteiger partial charge in [0.15, 0.2) is 0 Å². The molecule has 0 saturated carbocycles. The molecule has 0 spiro atoms. The summed E-state index contributed by atoms with van der Waals surface area (Å²) in [4.78, 5) is 25.0. The molecular formula is C10H9F2IN2O4. The Hall–Kier alpha value is -1.39. The Morgan fingerprint density at radius 3 is 2.74 bits per heavy atom. The van der Waals surface area contributed by atoms with Crippen molar-refractivity contribution in [3.05, 3.63) is 31.1 Å². The van der Waals surface area contributed by atoms with Crippen molar-refractivity contribution < 1.29 is 23.2 Å². The number of hydrogen-bond acceptors (Lipinski definition) is 5. The molecule has 1 rings (SSSR count). The Morgan fingerprint density at radius 2 is 2.26 bits per heavy atom. The van der Waals surface area contributed by atoms with Crippen molar-refractivity contribution in [2.24, 2.45) is 0 Å². The first-order valence-electron chi connectivity index (χ1n) is 5.14. The van der Waals surface area contributed by atoms with E-state index in [1.54, 1.807) is 29.5 Å². The maximum absolute atomic E-state index is 12.8. The topological polar surface area (TPSA) is 82.3 Å². The standard InChI is InChI=1S/C10H9F2IN2O4/c1-2-19-8(16)4-6-9(15(17)18)5(10(11)12)3-7(13)14-6/h3,10H,2,4H2,1H3. The van der Waals surface area contributed by atoms with E-state index >= 15 is 0 Å². The molecule has 0 atom stereocenters. The summed E-state index contributed by atoms with van der Waals surface area (Å²) in [5.74, 6) is -0.750. The smallest absolute Gasteiger partial charge is 0.312 e. The van der Waals surface area contributed by atoms with Gasteiger partial charge in [-0.1, -0.05) is 0 Å². The second-order valence-electron chi connectivity index (χ2n) is 3.37. The molecule has 0 aliphatic carbocycles. The highest BCUT2D eigenvalue weighted by Gasteiger charge is 2.29. The van der Waals surface area contributed by atoms with Crippen LogP contribution < -0.4 is 0 Å². The lowest BCUT2D eigenvalue weighted by molar-refractivity contribution is -0.387. The van der Waals surface area contributed by atoms with Crippen LogP contribution in [-0.4, -0.2) is 22.5 Å². The first kappa shape index (κ1) is 15.7. The van der Waals surface area contributed by atoms with Gasteiger partial charge in [0.1, 0.15) is 9.39 Å². The third-order valence-corrected chi connectivity index (χ3v) is 2.65. The number of halogens is 3. The van der Waals surface area contributed by atoms with Crippen LogP contribution in [0.5, 0.6) is 0 Å². The van der Waals surface area contributed by atoms with Crippen molar-refractivity contribution in [1.29, 1.82) is 0 Å². The molecule has 1 aromatic heterocycles. The molecule has 0 aliphatic rings. The van der Waals surface area contributed by atoms with Crippen LogP contribution in [0.4, 0.5) is 14.5 Å². The quantitative estimate of drug-likeness (QED) is 0.256. The average Bonchev–Trinajstić information content (AvgIpc) is 2.27. The van der Waals surface area contributed by atoms with Gasteiger partial charge in [0, 0.05) is 0 Å². The molecule has 0 aliphatic heterocycles. The molecule has 6 nitrogen and oxygen atoms in total. The summed E-state index contributed by atoms with van der Waals surface area (Å²) in [6, 6.07) is 0.929. The molecule has 0 bridgehead atoms. The van der Waals surface area contributed by atoms with Crippen LogP contribution in [-0.2, 0) is 16.0 Å². The molecular weight excluding hydrogens is 377 g/mol. The van der Waals surface area contributed by atoms with Crippen molar-refractivity contribution in [3.63, 3.8) is 0 Å². The highest BCUT2D eigenvalue weighted by molar-refractivity contribution is 14.1. The number of aromatic nitrogens is 1. The molecule has 0 unspecified atom stereocenters. The van der Waals surface area contributed by atoms with Gasteiger partial charge < -0.3 is 4.74 Å². The Morgan fingerprint density at radius 1 is 1.63 bits per heavy atom. The summed E-state index contributed by atoms with van der Waals surface area (Å²) >= 11 is 1.65. The van der Waals surface area contributed by atoms with Gasteiger partial charge in [-0.3, -0.25) is 14.9 Å². The molecule has 0 fully saturated rings. The first-order chi connectivity index (χ1) is 8.86. The van der Waals surface area contributed by atoms with Gasteiger partial charge in [-0.15, -0.1) is 0 Å². The lowest BCUT2D eigenvalue weighted by Gasteiger charge is -2.07. The van der Waals surface area contributed by atoms with Crippen LogP contribution in [0.15, 0.2) is 6.07 Å². The molecule has 0 radical (unpaired) electrons. The van der Waals surface area contributed by atoms with Crippen molar-refractivity contribution in [2.75, 3.05) is 6.61 Å². The zero-order valence-electron chi connectivity index (χ0n) is 9.73. The Labute approximate surface area is 120 Å². The molecule has 0 N–H and O–H groups in total. The molecule has 0 saturated heterocycles. The van der Waals surface area contributed by atoms with E-state index in [0.717, 1.165) is 6.07 Å². The van der Waals surface area contributed by atoms with Crippen LogP contribution in [0.25, 0.3) is 0 Å². The third-order valence-electron chi connectivity index (χ3n) is 2.10. The van der Waals surface area contributed by atoms with Crippen molar-refractivity contribution in [1.82, 2.24) is 4.98 Å². The van der Waals surface area contributed by atoms with Crippen LogP contribution >= 0.6 is 22.6 Å². The Bertz CT molecular complexity index is 511. The molecule has 1 heterocycles. The number of carbonyl (C=O) groups excluding carboxylic acids is 1. The zero-order chi connectivity index (χ0) is 14.6. The third kappa shape index (κ3) is 4.04. The van der Waals surface area contributed by atoms with Gasteiger partial charge in [-0.05, 0) is 35.6 Å². The number of nitro groups is 1. The number of hydrogen-bond donors (Lipinski definition) is 0. The van der Waals surface area contributed by atoms with Gasteiger partial charge in [0.2, 0.25) is 0 Å². The van der Waals surface area contributed by atoms with E-state index in [-0.39, 0.29) is 16.0 Å². The molecule has 19 heavy (non-hydrogen) atoms. The van der Waals surface area contributed by atoms with Crippen LogP contribution in [0.3, 0.4) is 0 Å². The van der Waals surface area contributed by atoms with E-state index in [0.29, 0.717) is 0 Å². The van der Waals surface area contributed by atoms with E-state index < -0.39 is 35.0 Å². The van der Waals surface area contributed by atoms with Gasteiger partial charge in [0.05, 0.1) is 23.5 Å². The van der Waals surface area contributed by atoms with E-state index in [1.807, 2.05) is 0 Å². The van der Waals surface area contributed by atoms with E-state index in [4.69, 9.17) is 0 Å². The summed E-state index contributed by atoms with van der Waals surface area (Å²) in [6.07, 6.45) is -3.53.